The molecule has 2 rings (SSSR count). The number of methoxy groups -OCH3 is 2. The van der Waals surface area contributed by atoms with Crippen LogP contribution in [0.5, 0.6) is 11.5 Å². The van der Waals surface area contributed by atoms with Gasteiger partial charge >= 0.3 is 0 Å². The molecule has 0 fully saturated rings. The second-order valence-electron chi connectivity index (χ2n) is 4.02. The van der Waals surface area contributed by atoms with Gasteiger partial charge in [0.05, 0.1) is 14.2 Å². The number of benzene rings is 1. The number of alkyl halides is 1. The molecule has 1 aromatic rings. The van der Waals surface area contributed by atoms with Gasteiger partial charge in [0.25, 0.3) is 0 Å². The lowest BCUT2D eigenvalue weighted by molar-refractivity contribution is 0.354. The number of aryl methyl sites for hydroxylation is 1. The maximum atomic E-state index is 5.39. The Bertz CT molecular complexity index is 395. The first-order valence-corrected chi connectivity index (χ1v) is 7.89. The molecule has 94 valence electrons. The molecule has 0 aliphatic carbocycles. The van der Waals surface area contributed by atoms with Crippen molar-refractivity contribution in [2.75, 3.05) is 25.3 Å². The lowest BCUT2D eigenvalue weighted by atomic mass is 10.00. The van der Waals surface area contributed by atoms with E-state index < -0.39 is 0 Å². The van der Waals surface area contributed by atoms with Crippen LogP contribution in [0.1, 0.15) is 22.8 Å². The van der Waals surface area contributed by atoms with E-state index in [1.807, 2.05) is 11.8 Å². The predicted molar refractivity (Wildman–Crippen MR) is 76.9 cm³/mol. The van der Waals surface area contributed by atoms with Crippen molar-refractivity contribution < 1.29 is 9.47 Å². The van der Waals surface area contributed by atoms with Crippen molar-refractivity contribution in [3.63, 3.8) is 0 Å². The van der Waals surface area contributed by atoms with Crippen LogP contribution in [0.25, 0.3) is 0 Å². The van der Waals surface area contributed by atoms with Gasteiger partial charge in [-0.3, -0.25) is 0 Å². The van der Waals surface area contributed by atoms with Gasteiger partial charge in [-0.1, -0.05) is 15.9 Å². The molecule has 1 atom stereocenters. The molecule has 1 heterocycles. The Kier molecular flexibility index (Phi) is 4.62. The van der Waals surface area contributed by atoms with Crippen LogP contribution in [0.4, 0.5) is 0 Å². The maximum Gasteiger partial charge on any atom is 0.161 e. The van der Waals surface area contributed by atoms with Crippen molar-refractivity contribution >= 4 is 27.7 Å². The first-order chi connectivity index (χ1) is 8.30. The topological polar surface area (TPSA) is 18.5 Å². The van der Waals surface area contributed by atoms with E-state index in [1.54, 1.807) is 14.2 Å². The second kappa shape index (κ2) is 6.01. The van der Waals surface area contributed by atoms with E-state index >= 15 is 0 Å². The Labute approximate surface area is 115 Å². The molecule has 2 nitrogen and oxygen atoms in total. The van der Waals surface area contributed by atoms with Crippen molar-refractivity contribution in [3.8, 4) is 11.5 Å². The van der Waals surface area contributed by atoms with Crippen molar-refractivity contribution in [2.24, 2.45) is 0 Å². The molecule has 1 aromatic carbocycles. The van der Waals surface area contributed by atoms with E-state index in [9.17, 15) is 0 Å². The largest absolute Gasteiger partial charge is 0.493 e. The zero-order valence-corrected chi connectivity index (χ0v) is 12.6. The highest BCUT2D eigenvalue weighted by molar-refractivity contribution is 9.09. The number of hydrogen-bond acceptors (Lipinski definition) is 3. The highest BCUT2D eigenvalue weighted by Crippen LogP contribution is 2.41. The van der Waals surface area contributed by atoms with Crippen molar-refractivity contribution in [3.05, 3.63) is 23.3 Å². The molecular weight excluding hydrogens is 300 g/mol. The average Bonchev–Trinajstić information content (AvgIpc) is 2.58. The van der Waals surface area contributed by atoms with Crippen LogP contribution in [0.15, 0.2) is 12.1 Å². The van der Waals surface area contributed by atoms with Crippen LogP contribution in [-0.2, 0) is 6.42 Å². The minimum Gasteiger partial charge on any atom is -0.493 e. The van der Waals surface area contributed by atoms with Crippen LogP contribution in [0, 0.1) is 0 Å². The summed E-state index contributed by atoms with van der Waals surface area (Å²) in [5.74, 6) is 2.89. The number of rotatable bonds is 3. The molecule has 0 bridgehead atoms. The fourth-order valence-corrected chi connectivity index (χ4v) is 4.15. The molecule has 0 N–H and O–H groups in total. The van der Waals surface area contributed by atoms with E-state index in [0.717, 1.165) is 23.2 Å². The number of halogens is 1. The minimum atomic E-state index is 0.521. The van der Waals surface area contributed by atoms with E-state index in [1.165, 1.54) is 23.3 Å². The van der Waals surface area contributed by atoms with E-state index in [4.69, 9.17) is 9.47 Å². The summed E-state index contributed by atoms with van der Waals surface area (Å²) < 4.78 is 10.8. The Hall–Kier alpha value is -0.350. The summed E-state index contributed by atoms with van der Waals surface area (Å²) in [7, 11) is 3.38. The van der Waals surface area contributed by atoms with Crippen molar-refractivity contribution in [2.45, 2.75) is 18.1 Å². The van der Waals surface area contributed by atoms with E-state index in [2.05, 4.69) is 28.1 Å². The molecule has 0 unspecified atom stereocenters. The van der Waals surface area contributed by atoms with Crippen LogP contribution in [0.3, 0.4) is 0 Å². The molecule has 4 heteroatoms. The molecular formula is C13H17BrO2S. The Morgan fingerprint density at radius 3 is 2.65 bits per heavy atom. The number of hydrogen-bond donors (Lipinski definition) is 0. The molecule has 0 aromatic heterocycles. The standard InChI is InChI=1S/C13H17BrO2S/c1-15-11-6-9-4-3-5-17-13(8-14)10(9)7-12(11)16-2/h6-7,13H,3-5,8H2,1-2H3/t13-/m1/s1. The van der Waals surface area contributed by atoms with Gasteiger partial charge in [0.15, 0.2) is 11.5 Å². The quantitative estimate of drug-likeness (QED) is 0.790. The molecule has 17 heavy (non-hydrogen) atoms. The predicted octanol–water partition coefficient (Wildman–Crippen LogP) is 3.82. The van der Waals surface area contributed by atoms with Gasteiger partial charge in [0.1, 0.15) is 0 Å². The highest BCUT2D eigenvalue weighted by Gasteiger charge is 2.21. The van der Waals surface area contributed by atoms with Gasteiger partial charge in [-0.15, -0.1) is 0 Å². The summed E-state index contributed by atoms with van der Waals surface area (Å²) >= 11 is 5.62. The normalized spacial score (nSPS) is 19.4. The third-order valence-electron chi connectivity index (χ3n) is 3.04. The molecule has 0 radical (unpaired) electrons. The summed E-state index contributed by atoms with van der Waals surface area (Å²) in [5, 5.41) is 1.51. The second-order valence-corrected chi connectivity index (χ2v) is 5.98. The molecule has 0 amide bonds. The first-order valence-electron chi connectivity index (χ1n) is 5.72. The average molecular weight is 317 g/mol. The Balaban J connectivity index is 2.47. The van der Waals surface area contributed by atoms with Crippen LogP contribution >= 0.6 is 27.7 Å². The zero-order valence-electron chi connectivity index (χ0n) is 10.2. The number of thioether (sulfide) groups is 1. The SMILES string of the molecule is COc1cc2c(cc1OC)[C@@H](CBr)SCCC2. The Morgan fingerprint density at radius 1 is 1.29 bits per heavy atom. The fourth-order valence-electron chi connectivity index (χ4n) is 2.16. The molecule has 1 aliphatic rings. The summed E-state index contributed by atoms with van der Waals surface area (Å²) in [6.07, 6.45) is 2.36. The Morgan fingerprint density at radius 2 is 2.00 bits per heavy atom. The van der Waals surface area contributed by atoms with E-state index in [-0.39, 0.29) is 0 Å². The lowest BCUT2D eigenvalue weighted by Gasteiger charge is -2.17. The first kappa shape index (κ1) is 13.1. The molecule has 0 saturated heterocycles. The summed E-state index contributed by atoms with van der Waals surface area (Å²) in [5.41, 5.74) is 2.79. The third-order valence-corrected chi connectivity index (χ3v) is 5.47. The molecule has 1 aliphatic heterocycles. The molecule has 0 spiro atoms. The van der Waals surface area contributed by atoms with Gasteiger partial charge in [-0.05, 0) is 41.9 Å². The van der Waals surface area contributed by atoms with Crippen LogP contribution in [0.2, 0.25) is 0 Å². The fraction of sp³-hybridized carbons (Fsp3) is 0.538. The van der Waals surface area contributed by atoms with Gasteiger partial charge in [0.2, 0.25) is 0 Å². The van der Waals surface area contributed by atoms with E-state index in [0.29, 0.717) is 5.25 Å². The smallest absolute Gasteiger partial charge is 0.161 e. The summed E-state index contributed by atoms with van der Waals surface area (Å²) in [6, 6.07) is 4.27. The summed E-state index contributed by atoms with van der Waals surface area (Å²) in [6.45, 7) is 0. The van der Waals surface area contributed by atoms with Crippen molar-refractivity contribution in [1.82, 2.24) is 0 Å². The van der Waals surface area contributed by atoms with Gasteiger partial charge < -0.3 is 9.47 Å². The third kappa shape index (κ3) is 2.74. The van der Waals surface area contributed by atoms with Gasteiger partial charge in [0, 0.05) is 10.6 Å². The maximum absolute atomic E-state index is 5.39. The van der Waals surface area contributed by atoms with Crippen LogP contribution < -0.4 is 9.47 Å². The number of ether oxygens (including phenoxy) is 2. The van der Waals surface area contributed by atoms with Gasteiger partial charge in [-0.2, -0.15) is 11.8 Å². The summed E-state index contributed by atoms with van der Waals surface area (Å²) in [4.78, 5) is 0. The number of fused-ring (bicyclic) bond motifs is 1. The molecule has 0 saturated carbocycles. The van der Waals surface area contributed by atoms with Gasteiger partial charge in [-0.25, -0.2) is 0 Å². The monoisotopic (exact) mass is 316 g/mol. The lowest BCUT2D eigenvalue weighted by Crippen LogP contribution is -2.01. The minimum absolute atomic E-state index is 0.521. The van der Waals surface area contributed by atoms with Crippen molar-refractivity contribution in [1.29, 1.82) is 0 Å². The highest BCUT2D eigenvalue weighted by atomic mass is 79.9. The van der Waals surface area contributed by atoms with Crippen LogP contribution in [-0.4, -0.2) is 25.3 Å². The zero-order chi connectivity index (χ0) is 12.3.